The van der Waals surface area contributed by atoms with Crippen LogP contribution in [0.1, 0.15) is 27.7 Å². The van der Waals surface area contributed by atoms with Crippen LogP contribution in [0, 0.1) is 6.92 Å². The second-order valence-electron chi connectivity index (χ2n) is 5.21. The van der Waals surface area contributed by atoms with E-state index in [1.165, 1.54) is 6.20 Å². The molecule has 1 aromatic carbocycles. The van der Waals surface area contributed by atoms with E-state index in [1.807, 2.05) is 49.4 Å². The molecule has 1 unspecified atom stereocenters. The van der Waals surface area contributed by atoms with Gasteiger partial charge in [0.1, 0.15) is 11.3 Å². The fourth-order valence-electron chi connectivity index (χ4n) is 2.29. The molecule has 0 aliphatic rings. The van der Waals surface area contributed by atoms with Crippen LogP contribution in [0.4, 0.5) is 0 Å². The van der Waals surface area contributed by atoms with Crippen molar-refractivity contribution >= 4 is 11.6 Å². The molecule has 2 heterocycles. The van der Waals surface area contributed by atoms with Gasteiger partial charge in [0, 0.05) is 12.7 Å². The number of fused-ring (bicyclic) bond motifs is 1. The van der Waals surface area contributed by atoms with Gasteiger partial charge in [-0.25, -0.2) is 4.98 Å². The van der Waals surface area contributed by atoms with Gasteiger partial charge < -0.3 is 10.4 Å². The molecule has 22 heavy (non-hydrogen) atoms. The first kappa shape index (κ1) is 14.3. The monoisotopic (exact) mass is 295 g/mol. The third-order valence-electron chi connectivity index (χ3n) is 3.57. The highest BCUT2D eigenvalue weighted by molar-refractivity contribution is 5.93. The molecule has 0 fully saturated rings. The maximum absolute atomic E-state index is 12.2. The van der Waals surface area contributed by atoms with Gasteiger partial charge in [0.05, 0.1) is 12.3 Å². The number of aliphatic hydroxyl groups excluding tert-OH is 1. The zero-order valence-electron chi connectivity index (χ0n) is 12.2. The molecule has 2 aromatic heterocycles. The number of pyridine rings is 1. The molecule has 0 saturated heterocycles. The summed E-state index contributed by atoms with van der Waals surface area (Å²) in [6, 6.07) is 13.1. The first-order valence-corrected chi connectivity index (χ1v) is 7.10. The molecular weight excluding hydrogens is 278 g/mol. The lowest BCUT2D eigenvalue weighted by Gasteiger charge is -2.12. The quantitative estimate of drug-likeness (QED) is 0.774. The Kier molecular flexibility index (Phi) is 3.89. The summed E-state index contributed by atoms with van der Waals surface area (Å²) in [5.74, 6) is -0.259. The highest BCUT2D eigenvalue weighted by Crippen LogP contribution is 2.13. The largest absolute Gasteiger partial charge is 0.387 e. The zero-order chi connectivity index (χ0) is 15.5. The summed E-state index contributed by atoms with van der Waals surface area (Å²) >= 11 is 0. The summed E-state index contributed by atoms with van der Waals surface area (Å²) in [6.07, 6.45) is 2.58. The molecule has 1 amide bonds. The molecule has 5 nitrogen and oxygen atoms in total. The van der Waals surface area contributed by atoms with Gasteiger partial charge in [0.2, 0.25) is 0 Å². The number of aliphatic hydroxyl groups is 1. The van der Waals surface area contributed by atoms with E-state index in [-0.39, 0.29) is 12.5 Å². The van der Waals surface area contributed by atoms with E-state index >= 15 is 0 Å². The van der Waals surface area contributed by atoms with Crippen molar-refractivity contribution in [2.75, 3.05) is 6.54 Å². The molecule has 0 radical (unpaired) electrons. The zero-order valence-corrected chi connectivity index (χ0v) is 12.2. The Balaban J connectivity index is 1.68. The lowest BCUT2D eigenvalue weighted by Crippen LogP contribution is -2.29. The Morgan fingerprint density at radius 1 is 1.27 bits per heavy atom. The molecular formula is C17H17N3O2. The summed E-state index contributed by atoms with van der Waals surface area (Å²) < 4.78 is 1.72. The predicted molar refractivity (Wildman–Crippen MR) is 83.7 cm³/mol. The normalized spacial score (nSPS) is 12.3. The molecule has 0 saturated carbocycles. The number of carbonyl (C=O) groups excluding carboxylic acids is 1. The van der Waals surface area contributed by atoms with Crippen molar-refractivity contribution in [2.45, 2.75) is 13.0 Å². The van der Waals surface area contributed by atoms with E-state index in [0.29, 0.717) is 11.3 Å². The number of hydrogen-bond donors (Lipinski definition) is 2. The van der Waals surface area contributed by atoms with E-state index in [1.54, 1.807) is 10.6 Å². The molecule has 112 valence electrons. The number of hydrogen-bond acceptors (Lipinski definition) is 3. The second kappa shape index (κ2) is 5.99. The third kappa shape index (κ3) is 2.84. The maximum atomic E-state index is 12.2. The van der Waals surface area contributed by atoms with Crippen LogP contribution in [0.2, 0.25) is 0 Å². The summed E-state index contributed by atoms with van der Waals surface area (Å²) in [4.78, 5) is 16.4. The Hall–Kier alpha value is -2.66. The fraction of sp³-hybridized carbons (Fsp3) is 0.176. The van der Waals surface area contributed by atoms with E-state index in [0.717, 1.165) is 11.1 Å². The molecule has 1 atom stereocenters. The van der Waals surface area contributed by atoms with E-state index < -0.39 is 6.10 Å². The number of nitrogens with one attached hydrogen (secondary N) is 1. The van der Waals surface area contributed by atoms with Crippen molar-refractivity contribution in [3.8, 4) is 0 Å². The molecule has 2 N–H and O–H groups in total. The average molecular weight is 295 g/mol. The van der Waals surface area contributed by atoms with E-state index in [9.17, 15) is 9.90 Å². The lowest BCUT2D eigenvalue weighted by atomic mass is 10.1. The van der Waals surface area contributed by atoms with Gasteiger partial charge in [-0.05, 0) is 24.6 Å². The number of aromatic nitrogens is 2. The Bertz CT molecular complexity index is 793. The Morgan fingerprint density at radius 3 is 2.82 bits per heavy atom. The topological polar surface area (TPSA) is 66.6 Å². The first-order chi connectivity index (χ1) is 10.6. The molecule has 0 spiro atoms. The van der Waals surface area contributed by atoms with Crippen LogP contribution < -0.4 is 5.32 Å². The van der Waals surface area contributed by atoms with Crippen LogP contribution in [-0.4, -0.2) is 26.9 Å². The average Bonchev–Trinajstić information content (AvgIpc) is 2.97. The standard InChI is InChI=1S/C17H17N3O2/c1-12-5-7-13(8-6-12)15(21)11-19-17(22)14-10-18-16-4-2-3-9-20(14)16/h2-10,15,21H,11H2,1H3,(H,19,22). The number of nitrogens with zero attached hydrogens (tertiary/aromatic N) is 2. The van der Waals surface area contributed by atoms with Crippen LogP contribution in [0.3, 0.4) is 0 Å². The van der Waals surface area contributed by atoms with Crippen molar-refractivity contribution in [2.24, 2.45) is 0 Å². The highest BCUT2D eigenvalue weighted by Gasteiger charge is 2.14. The van der Waals surface area contributed by atoms with Crippen molar-refractivity contribution < 1.29 is 9.90 Å². The van der Waals surface area contributed by atoms with Crippen LogP contribution in [-0.2, 0) is 0 Å². The first-order valence-electron chi connectivity index (χ1n) is 7.10. The Morgan fingerprint density at radius 2 is 2.05 bits per heavy atom. The van der Waals surface area contributed by atoms with Gasteiger partial charge in [-0.15, -0.1) is 0 Å². The number of benzene rings is 1. The van der Waals surface area contributed by atoms with Gasteiger partial charge >= 0.3 is 0 Å². The minimum Gasteiger partial charge on any atom is -0.387 e. The summed E-state index contributed by atoms with van der Waals surface area (Å²) in [7, 11) is 0. The number of carbonyl (C=O) groups is 1. The van der Waals surface area contributed by atoms with Gasteiger partial charge in [0.25, 0.3) is 5.91 Å². The third-order valence-corrected chi connectivity index (χ3v) is 3.57. The number of imidazole rings is 1. The smallest absolute Gasteiger partial charge is 0.270 e. The van der Waals surface area contributed by atoms with E-state index in [2.05, 4.69) is 10.3 Å². The van der Waals surface area contributed by atoms with Crippen molar-refractivity contribution in [1.82, 2.24) is 14.7 Å². The molecule has 3 rings (SSSR count). The van der Waals surface area contributed by atoms with Crippen LogP contribution in [0.15, 0.2) is 54.9 Å². The summed E-state index contributed by atoms with van der Waals surface area (Å²) in [5, 5.41) is 12.9. The molecule has 0 aliphatic carbocycles. The fourth-order valence-corrected chi connectivity index (χ4v) is 2.29. The van der Waals surface area contributed by atoms with Crippen molar-refractivity contribution in [3.05, 3.63) is 71.7 Å². The minimum atomic E-state index is -0.733. The predicted octanol–water partition coefficient (Wildman–Crippen LogP) is 2.11. The van der Waals surface area contributed by atoms with Crippen LogP contribution in [0.5, 0.6) is 0 Å². The lowest BCUT2D eigenvalue weighted by molar-refractivity contribution is 0.0910. The summed E-state index contributed by atoms with van der Waals surface area (Å²) in [5.41, 5.74) is 3.08. The van der Waals surface area contributed by atoms with Crippen LogP contribution in [0.25, 0.3) is 5.65 Å². The molecule has 0 bridgehead atoms. The van der Waals surface area contributed by atoms with Crippen molar-refractivity contribution in [3.63, 3.8) is 0 Å². The molecule has 0 aliphatic heterocycles. The summed E-state index contributed by atoms with van der Waals surface area (Å²) in [6.45, 7) is 2.14. The minimum absolute atomic E-state index is 0.155. The Labute approximate surface area is 128 Å². The molecule has 5 heteroatoms. The van der Waals surface area contributed by atoms with Gasteiger partial charge in [-0.1, -0.05) is 35.9 Å². The van der Waals surface area contributed by atoms with Crippen LogP contribution >= 0.6 is 0 Å². The van der Waals surface area contributed by atoms with Gasteiger partial charge in [0.15, 0.2) is 0 Å². The number of amides is 1. The maximum Gasteiger partial charge on any atom is 0.270 e. The highest BCUT2D eigenvalue weighted by atomic mass is 16.3. The molecule has 3 aromatic rings. The van der Waals surface area contributed by atoms with Crippen molar-refractivity contribution in [1.29, 1.82) is 0 Å². The second-order valence-corrected chi connectivity index (χ2v) is 5.21. The SMILES string of the molecule is Cc1ccc(C(O)CNC(=O)c2cnc3ccccn23)cc1. The van der Waals surface area contributed by atoms with Gasteiger partial charge in [-0.3, -0.25) is 9.20 Å². The van der Waals surface area contributed by atoms with Gasteiger partial charge in [-0.2, -0.15) is 0 Å². The van der Waals surface area contributed by atoms with E-state index in [4.69, 9.17) is 0 Å². The number of rotatable bonds is 4. The number of aryl methyl sites for hydroxylation is 1.